The van der Waals surface area contributed by atoms with Crippen molar-refractivity contribution in [2.24, 2.45) is 0 Å². The van der Waals surface area contributed by atoms with E-state index in [1.54, 1.807) is 18.5 Å². The van der Waals surface area contributed by atoms with Crippen molar-refractivity contribution in [3.05, 3.63) is 63.9 Å². The Kier molecular flexibility index (Phi) is 4.37. The second kappa shape index (κ2) is 6.01. The average molecular weight is 267 g/mol. The van der Waals surface area contributed by atoms with Gasteiger partial charge in [-0.15, -0.1) is 0 Å². The van der Waals surface area contributed by atoms with E-state index in [-0.39, 0.29) is 0 Å². The molecule has 0 aliphatic carbocycles. The first-order chi connectivity index (χ1) is 8.25. The summed E-state index contributed by atoms with van der Waals surface area (Å²) >= 11 is 12.0. The Labute approximate surface area is 111 Å². The fourth-order valence-corrected chi connectivity index (χ4v) is 1.90. The van der Waals surface area contributed by atoms with E-state index in [0.717, 1.165) is 17.1 Å². The lowest BCUT2D eigenvalue weighted by Crippen LogP contribution is -2.12. The first kappa shape index (κ1) is 12.4. The number of hydrogen-bond acceptors (Lipinski definition) is 2. The van der Waals surface area contributed by atoms with E-state index in [1.165, 1.54) is 5.56 Å². The molecule has 88 valence electrons. The molecule has 0 spiro atoms. The van der Waals surface area contributed by atoms with Crippen molar-refractivity contribution in [1.82, 2.24) is 10.3 Å². The zero-order valence-corrected chi connectivity index (χ0v) is 10.7. The number of aromatic nitrogens is 1. The number of benzene rings is 1. The largest absolute Gasteiger partial charge is 0.309 e. The summed E-state index contributed by atoms with van der Waals surface area (Å²) in [6, 6.07) is 9.44. The molecule has 2 aromatic rings. The highest BCUT2D eigenvalue weighted by Crippen LogP contribution is 2.20. The van der Waals surface area contributed by atoms with Gasteiger partial charge in [-0.05, 0) is 41.5 Å². The minimum Gasteiger partial charge on any atom is -0.309 e. The van der Waals surface area contributed by atoms with Gasteiger partial charge >= 0.3 is 0 Å². The van der Waals surface area contributed by atoms with Crippen molar-refractivity contribution in [2.45, 2.75) is 13.1 Å². The molecule has 0 bridgehead atoms. The summed E-state index contributed by atoms with van der Waals surface area (Å²) in [7, 11) is 0. The Morgan fingerprint density at radius 3 is 2.53 bits per heavy atom. The van der Waals surface area contributed by atoms with E-state index in [4.69, 9.17) is 23.2 Å². The van der Waals surface area contributed by atoms with Gasteiger partial charge in [-0.3, -0.25) is 4.98 Å². The third kappa shape index (κ3) is 3.70. The lowest BCUT2D eigenvalue weighted by atomic mass is 10.2. The van der Waals surface area contributed by atoms with Gasteiger partial charge in [0.15, 0.2) is 0 Å². The van der Waals surface area contributed by atoms with Crippen LogP contribution in [0.25, 0.3) is 0 Å². The highest BCUT2D eigenvalue weighted by molar-refractivity contribution is 6.33. The lowest BCUT2D eigenvalue weighted by molar-refractivity contribution is 0.693. The second-order valence-electron chi connectivity index (χ2n) is 3.69. The maximum absolute atomic E-state index is 6.07. The third-order valence-corrected chi connectivity index (χ3v) is 3.01. The Hall–Kier alpha value is -1.09. The van der Waals surface area contributed by atoms with Crippen molar-refractivity contribution >= 4 is 23.2 Å². The topological polar surface area (TPSA) is 24.9 Å². The summed E-state index contributed by atoms with van der Waals surface area (Å²) in [4.78, 5) is 3.97. The van der Waals surface area contributed by atoms with E-state index < -0.39 is 0 Å². The Morgan fingerprint density at radius 1 is 1.00 bits per heavy atom. The molecule has 0 aliphatic heterocycles. The van der Waals surface area contributed by atoms with Crippen LogP contribution in [0.3, 0.4) is 0 Å². The van der Waals surface area contributed by atoms with E-state index in [9.17, 15) is 0 Å². The van der Waals surface area contributed by atoms with Crippen molar-refractivity contribution < 1.29 is 0 Å². The highest BCUT2D eigenvalue weighted by atomic mass is 35.5. The van der Waals surface area contributed by atoms with E-state index in [1.807, 2.05) is 24.3 Å². The first-order valence-corrected chi connectivity index (χ1v) is 6.05. The van der Waals surface area contributed by atoms with Crippen molar-refractivity contribution in [2.75, 3.05) is 0 Å². The molecule has 0 unspecified atom stereocenters. The minimum absolute atomic E-state index is 0.696. The van der Waals surface area contributed by atoms with Gasteiger partial charge in [0.1, 0.15) is 0 Å². The van der Waals surface area contributed by atoms with Crippen LogP contribution in [0.15, 0.2) is 42.7 Å². The average Bonchev–Trinajstić information content (AvgIpc) is 2.35. The van der Waals surface area contributed by atoms with E-state index in [0.29, 0.717) is 11.6 Å². The minimum atomic E-state index is 0.696. The molecule has 2 rings (SSSR count). The summed E-state index contributed by atoms with van der Waals surface area (Å²) in [5.74, 6) is 0. The van der Waals surface area contributed by atoms with Crippen molar-refractivity contribution in [1.29, 1.82) is 0 Å². The highest BCUT2D eigenvalue weighted by Gasteiger charge is 2.01. The van der Waals surface area contributed by atoms with Crippen LogP contribution < -0.4 is 5.32 Å². The van der Waals surface area contributed by atoms with E-state index in [2.05, 4.69) is 10.3 Å². The molecular formula is C13H12Cl2N2. The quantitative estimate of drug-likeness (QED) is 0.914. The number of hydrogen-bond donors (Lipinski definition) is 1. The second-order valence-corrected chi connectivity index (χ2v) is 4.54. The predicted octanol–water partition coefficient (Wildman–Crippen LogP) is 3.68. The Bertz CT molecular complexity index is 486. The zero-order chi connectivity index (χ0) is 12.1. The molecule has 0 atom stereocenters. The molecule has 1 aromatic heterocycles. The number of nitrogens with zero attached hydrogens (tertiary/aromatic N) is 1. The fraction of sp³-hybridized carbons (Fsp3) is 0.154. The molecule has 0 aliphatic rings. The van der Waals surface area contributed by atoms with Gasteiger partial charge < -0.3 is 5.32 Å². The van der Waals surface area contributed by atoms with Crippen molar-refractivity contribution in [3.63, 3.8) is 0 Å². The van der Waals surface area contributed by atoms with Gasteiger partial charge in [0.05, 0.1) is 0 Å². The van der Waals surface area contributed by atoms with Gasteiger partial charge in [0, 0.05) is 35.5 Å². The monoisotopic (exact) mass is 266 g/mol. The van der Waals surface area contributed by atoms with Crippen LogP contribution in [0.4, 0.5) is 0 Å². The van der Waals surface area contributed by atoms with Crippen LogP contribution in [0.5, 0.6) is 0 Å². The summed E-state index contributed by atoms with van der Waals surface area (Å²) in [5, 5.41) is 4.75. The van der Waals surface area contributed by atoms with Crippen LogP contribution >= 0.6 is 23.2 Å². The lowest BCUT2D eigenvalue weighted by Gasteiger charge is -2.07. The molecule has 0 amide bonds. The summed E-state index contributed by atoms with van der Waals surface area (Å²) in [5.41, 5.74) is 2.20. The van der Waals surface area contributed by atoms with E-state index >= 15 is 0 Å². The molecule has 0 fully saturated rings. The smallest absolute Gasteiger partial charge is 0.0451 e. The number of nitrogens with one attached hydrogen (secondary N) is 1. The van der Waals surface area contributed by atoms with Crippen LogP contribution in [0.1, 0.15) is 11.1 Å². The summed E-state index contributed by atoms with van der Waals surface area (Å²) in [6.07, 6.45) is 3.56. The maximum Gasteiger partial charge on any atom is 0.0451 e. The molecule has 0 saturated heterocycles. The van der Waals surface area contributed by atoms with Gasteiger partial charge in [0.2, 0.25) is 0 Å². The summed E-state index contributed by atoms with van der Waals surface area (Å²) < 4.78 is 0. The van der Waals surface area contributed by atoms with Crippen LogP contribution in [-0.2, 0) is 13.1 Å². The van der Waals surface area contributed by atoms with Gasteiger partial charge in [-0.2, -0.15) is 0 Å². The molecule has 0 saturated carbocycles. The maximum atomic E-state index is 6.07. The standard InChI is InChI=1S/C13H12Cl2N2/c14-12-1-2-13(15)11(7-12)9-17-8-10-3-5-16-6-4-10/h1-7,17H,8-9H2. The molecule has 1 N–H and O–H groups in total. The number of pyridine rings is 1. The van der Waals surface area contributed by atoms with Gasteiger partial charge in [-0.1, -0.05) is 23.2 Å². The third-order valence-electron chi connectivity index (χ3n) is 2.40. The Morgan fingerprint density at radius 2 is 1.76 bits per heavy atom. The molecule has 4 heteroatoms. The summed E-state index contributed by atoms with van der Waals surface area (Å²) in [6.45, 7) is 1.48. The zero-order valence-electron chi connectivity index (χ0n) is 9.16. The Balaban J connectivity index is 1.92. The van der Waals surface area contributed by atoms with Crippen LogP contribution in [0, 0.1) is 0 Å². The molecule has 17 heavy (non-hydrogen) atoms. The molecule has 1 aromatic carbocycles. The van der Waals surface area contributed by atoms with Gasteiger partial charge in [0.25, 0.3) is 0 Å². The number of rotatable bonds is 4. The predicted molar refractivity (Wildman–Crippen MR) is 71.2 cm³/mol. The first-order valence-electron chi connectivity index (χ1n) is 5.29. The molecule has 0 radical (unpaired) electrons. The molecular weight excluding hydrogens is 255 g/mol. The van der Waals surface area contributed by atoms with Gasteiger partial charge in [-0.25, -0.2) is 0 Å². The molecule has 2 nitrogen and oxygen atoms in total. The number of halogens is 2. The SMILES string of the molecule is Clc1ccc(Cl)c(CNCc2ccncc2)c1. The normalized spacial score (nSPS) is 10.5. The van der Waals surface area contributed by atoms with Crippen LogP contribution in [0.2, 0.25) is 10.0 Å². The molecule has 1 heterocycles. The fourth-order valence-electron chi connectivity index (χ4n) is 1.52. The van der Waals surface area contributed by atoms with Crippen molar-refractivity contribution in [3.8, 4) is 0 Å². The van der Waals surface area contributed by atoms with Crippen LogP contribution in [-0.4, -0.2) is 4.98 Å².